The molecule has 0 atom stereocenters. The Morgan fingerprint density at radius 1 is 0.450 bits per heavy atom. The average molecular weight is 547 g/mol. The zero-order valence-corrected chi connectivity index (χ0v) is 25.9. The Hall–Kier alpha value is -1.96. The highest BCUT2D eigenvalue weighted by atomic mass is 16.5. The van der Waals surface area contributed by atoms with Crippen LogP contribution in [0.3, 0.4) is 0 Å². The van der Waals surface area contributed by atoms with Crippen LogP contribution in [-0.2, 0) is 0 Å². The number of hydrogen-bond donors (Lipinski definition) is 0. The van der Waals surface area contributed by atoms with Gasteiger partial charge in [0.15, 0.2) is 0 Å². The van der Waals surface area contributed by atoms with Gasteiger partial charge in [0.05, 0.1) is 13.2 Å². The summed E-state index contributed by atoms with van der Waals surface area (Å²) in [5.74, 6) is 5.84. The average Bonchev–Trinajstić information content (AvgIpc) is 3.00. The van der Waals surface area contributed by atoms with Crippen LogP contribution in [-0.4, -0.2) is 13.2 Å². The van der Waals surface area contributed by atoms with E-state index in [1.165, 1.54) is 127 Å². The molecular weight excluding hydrogens is 488 g/mol. The van der Waals surface area contributed by atoms with Crippen molar-refractivity contribution in [2.24, 2.45) is 23.7 Å². The van der Waals surface area contributed by atoms with Gasteiger partial charge in [-0.25, -0.2) is 0 Å². The molecule has 2 fully saturated rings. The van der Waals surface area contributed by atoms with E-state index in [-0.39, 0.29) is 0 Å². The first kappa shape index (κ1) is 31.0. The standard InChI is InChI=1S/C38H58O2/c1-3-5-6-10-32-17-19-34(20-18-32)12-8-30-40-38-27-23-36(24-28-38)35-21-25-37(26-22-35)39-29-7-11-33-15-13-31(9-4-2)14-16-33/h21-28,31-34H,3-20,29-30H2,1-2H3. The molecule has 2 aromatic carbocycles. The van der Waals surface area contributed by atoms with Gasteiger partial charge in [-0.3, -0.25) is 0 Å². The molecule has 0 bridgehead atoms. The summed E-state index contributed by atoms with van der Waals surface area (Å²) in [6.07, 6.45) is 25.0. The summed E-state index contributed by atoms with van der Waals surface area (Å²) < 4.78 is 12.2. The predicted octanol–water partition coefficient (Wildman–Crippen LogP) is 11.7. The summed E-state index contributed by atoms with van der Waals surface area (Å²) >= 11 is 0. The summed E-state index contributed by atoms with van der Waals surface area (Å²) in [6.45, 7) is 6.30. The van der Waals surface area contributed by atoms with Crippen molar-refractivity contribution in [2.75, 3.05) is 13.2 Å². The molecule has 2 aromatic rings. The smallest absolute Gasteiger partial charge is 0.119 e. The van der Waals surface area contributed by atoms with Gasteiger partial charge in [0.1, 0.15) is 11.5 Å². The van der Waals surface area contributed by atoms with E-state index in [1.54, 1.807) is 0 Å². The molecule has 2 aliphatic rings. The van der Waals surface area contributed by atoms with Crippen molar-refractivity contribution in [1.29, 1.82) is 0 Å². The zero-order chi connectivity index (χ0) is 27.8. The lowest BCUT2D eigenvalue weighted by Gasteiger charge is -2.28. The number of benzene rings is 2. The molecule has 2 nitrogen and oxygen atoms in total. The second kappa shape index (κ2) is 17.8. The van der Waals surface area contributed by atoms with Crippen LogP contribution in [0.1, 0.15) is 129 Å². The van der Waals surface area contributed by atoms with Gasteiger partial charge in [0, 0.05) is 0 Å². The highest BCUT2D eigenvalue weighted by Crippen LogP contribution is 2.35. The van der Waals surface area contributed by atoms with E-state index in [2.05, 4.69) is 62.4 Å². The van der Waals surface area contributed by atoms with Crippen molar-refractivity contribution in [2.45, 2.75) is 129 Å². The minimum Gasteiger partial charge on any atom is -0.494 e. The molecule has 40 heavy (non-hydrogen) atoms. The minimum atomic E-state index is 0.834. The number of ether oxygens (including phenoxy) is 2. The zero-order valence-electron chi connectivity index (χ0n) is 25.9. The fourth-order valence-electron chi connectivity index (χ4n) is 7.32. The SMILES string of the molecule is CCCCCC1CCC(CCCOc2ccc(-c3ccc(OCCCC4CCC(CCC)CC4)cc3)cc2)CC1. The first-order valence-electron chi connectivity index (χ1n) is 17.2. The van der Waals surface area contributed by atoms with Crippen molar-refractivity contribution >= 4 is 0 Å². The van der Waals surface area contributed by atoms with E-state index in [1.807, 2.05) is 0 Å². The third-order valence-corrected chi connectivity index (χ3v) is 9.94. The van der Waals surface area contributed by atoms with Crippen LogP contribution in [0.5, 0.6) is 11.5 Å². The monoisotopic (exact) mass is 546 g/mol. The Balaban J connectivity index is 1.07. The Morgan fingerprint density at radius 3 is 1.20 bits per heavy atom. The van der Waals surface area contributed by atoms with Gasteiger partial charge in [0.2, 0.25) is 0 Å². The molecule has 0 aromatic heterocycles. The second-order valence-corrected chi connectivity index (χ2v) is 13.1. The number of hydrogen-bond acceptors (Lipinski definition) is 2. The molecule has 0 radical (unpaired) electrons. The van der Waals surface area contributed by atoms with Gasteiger partial charge in [-0.2, -0.15) is 0 Å². The lowest BCUT2D eigenvalue weighted by Crippen LogP contribution is -2.15. The molecule has 2 heteroatoms. The highest BCUT2D eigenvalue weighted by molar-refractivity contribution is 5.64. The van der Waals surface area contributed by atoms with Gasteiger partial charge < -0.3 is 9.47 Å². The molecule has 0 saturated heterocycles. The van der Waals surface area contributed by atoms with E-state index in [4.69, 9.17) is 9.47 Å². The lowest BCUT2D eigenvalue weighted by atomic mass is 9.78. The lowest BCUT2D eigenvalue weighted by molar-refractivity contribution is 0.228. The van der Waals surface area contributed by atoms with E-state index < -0.39 is 0 Å². The highest BCUT2D eigenvalue weighted by Gasteiger charge is 2.21. The van der Waals surface area contributed by atoms with Crippen LogP contribution >= 0.6 is 0 Å². The largest absolute Gasteiger partial charge is 0.494 e. The maximum Gasteiger partial charge on any atom is 0.119 e. The topological polar surface area (TPSA) is 18.5 Å². The Bertz CT molecular complexity index is 902. The molecule has 0 amide bonds. The van der Waals surface area contributed by atoms with Gasteiger partial charge in [-0.15, -0.1) is 0 Å². The van der Waals surface area contributed by atoms with Crippen LogP contribution in [0.4, 0.5) is 0 Å². The summed E-state index contributed by atoms with van der Waals surface area (Å²) in [6, 6.07) is 17.2. The molecule has 0 aliphatic heterocycles. The maximum atomic E-state index is 6.09. The summed E-state index contributed by atoms with van der Waals surface area (Å²) in [5.41, 5.74) is 2.46. The second-order valence-electron chi connectivity index (χ2n) is 13.1. The Kier molecular flexibility index (Phi) is 13.8. The summed E-state index contributed by atoms with van der Waals surface area (Å²) in [4.78, 5) is 0. The van der Waals surface area contributed by atoms with E-state index in [0.29, 0.717) is 0 Å². The van der Waals surface area contributed by atoms with Gasteiger partial charge in [-0.05, 0) is 84.7 Å². The van der Waals surface area contributed by atoms with Crippen molar-refractivity contribution in [1.82, 2.24) is 0 Å². The third kappa shape index (κ3) is 10.8. The number of rotatable bonds is 17. The quantitative estimate of drug-likeness (QED) is 0.184. The molecule has 2 saturated carbocycles. The van der Waals surface area contributed by atoms with Gasteiger partial charge >= 0.3 is 0 Å². The van der Waals surface area contributed by atoms with Crippen molar-refractivity contribution < 1.29 is 9.47 Å². The molecule has 4 rings (SSSR count). The summed E-state index contributed by atoms with van der Waals surface area (Å²) in [7, 11) is 0. The molecule has 0 unspecified atom stereocenters. The van der Waals surface area contributed by atoms with E-state index in [0.717, 1.165) is 48.4 Å². The summed E-state index contributed by atoms with van der Waals surface area (Å²) in [5, 5.41) is 0. The van der Waals surface area contributed by atoms with Crippen LogP contribution < -0.4 is 9.47 Å². The third-order valence-electron chi connectivity index (χ3n) is 9.94. The minimum absolute atomic E-state index is 0.834. The molecule has 0 N–H and O–H groups in total. The molecule has 222 valence electrons. The van der Waals surface area contributed by atoms with Gasteiger partial charge in [0.25, 0.3) is 0 Å². The van der Waals surface area contributed by atoms with E-state index in [9.17, 15) is 0 Å². The molecular formula is C38H58O2. The van der Waals surface area contributed by atoms with Crippen LogP contribution in [0.25, 0.3) is 11.1 Å². The Morgan fingerprint density at radius 2 is 0.825 bits per heavy atom. The van der Waals surface area contributed by atoms with Crippen molar-refractivity contribution in [3.05, 3.63) is 48.5 Å². The van der Waals surface area contributed by atoms with Crippen LogP contribution in [0.2, 0.25) is 0 Å². The van der Waals surface area contributed by atoms with Crippen LogP contribution in [0, 0.1) is 23.7 Å². The fourth-order valence-corrected chi connectivity index (χ4v) is 7.32. The molecule has 2 aliphatic carbocycles. The maximum absolute atomic E-state index is 6.09. The predicted molar refractivity (Wildman–Crippen MR) is 171 cm³/mol. The molecule has 0 heterocycles. The fraction of sp³-hybridized carbons (Fsp3) is 0.684. The van der Waals surface area contributed by atoms with Gasteiger partial charge in [-0.1, -0.05) is 128 Å². The van der Waals surface area contributed by atoms with Crippen LogP contribution in [0.15, 0.2) is 48.5 Å². The number of unbranched alkanes of at least 4 members (excludes halogenated alkanes) is 2. The van der Waals surface area contributed by atoms with Crippen molar-refractivity contribution in [3.63, 3.8) is 0 Å². The first-order valence-corrected chi connectivity index (χ1v) is 17.2. The Labute approximate surface area is 246 Å². The van der Waals surface area contributed by atoms with Crippen molar-refractivity contribution in [3.8, 4) is 22.6 Å². The van der Waals surface area contributed by atoms with E-state index >= 15 is 0 Å². The normalized spacial score (nSPS) is 23.1. The first-order chi connectivity index (χ1) is 19.7. The molecule has 0 spiro atoms.